The number of aromatic nitrogens is 2. The summed E-state index contributed by atoms with van der Waals surface area (Å²) < 4.78 is 0. The number of hydrogen-bond donors (Lipinski definition) is 2. The molecule has 1 amide bonds. The van der Waals surface area contributed by atoms with Gasteiger partial charge in [-0.15, -0.1) is 11.3 Å². The van der Waals surface area contributed by atoms with Crippen LogP contribution in [0.5, 0.6) is 0 Å². The number of amides is 1. The van der Waals surface area contributed by atoms with Crippen molar-refractivity contribution in [2.45, 2.75) is 13.3 Å². The highest BCUT2D eigenvalue weighted by Gasteiger charge is 2.07. The van der Waals surface area contributed by atoms with E-state index in [0.717, 1.165) is 23.7 Å². The van der Waals surface area contributed by atoms with Crippen molar-refractivity contribution < 1.29 is 4.79 Å². The van der Waals surface area contributed by atoms with E-state index in [4.69, 9.17) is 0 Å². The van der Waals surface area contributed by atoms with Crippen LogP contribution in [-0.2, 0) is 6.42 Å². The van der Waals surface area contributed by atoms with Gasteiger partial charge in [0.25, 0.3) is 5.91 Å². The lowest BCUT2D eigenvalue weighted by molar-refractivity contribution is 0.0949. The van der Waals surface area contributed by atoms with E-state index in [1.165, 1.54) is 0 Å². The van der Waals surface area contributed by atoms with Crippen LogP contribution in [0.1, 0.15) is 22.4 Å². The number of thiazole rings is 1. The van der Waals surface area contributed by atoms with Crippen molar-refractivity contribution >= 4 is 22.9 Å². The number of carbonyl (C=O) groups is 1. The summed E-state index contributed by atoms with van der Waals surface area (Å²) in [5.41, 5.74) is 1.33. The predicted octanol–water partition coefficient (Wildman–Crippen LogP) is 1.94. The molecule has 0 unspecified atom stereocenters. The van der Waals surface area contributed by atoms with Gasteiger partial charge in [0.2, 0.25) is 0 Å². The average molecular weight is 276 g/mol. The molecular weight excluding hydrogens is 260 g/mol. The van der Waals surface area contributed by atoms with E-state index < -0.39 is 0 Å². The summed E-state index contributed by atoms with van der Waals surface area (Å²) in [6.07, 6.45) is 4.15. The fraction of sp³-hybridized carbons (Fsp3) is 0.308. The molecule has 0 aromatic carbocycles. The van der Waals surface area contributed by atoms with Crippen molar-refractivity contribution in [2.75, 3.05) is 18.4 Å². The molecule has 100 valence electrons. The first-order valence-electron chi connectivity index (χ1n) is 6.16. The van der Waals surface area contributed by atoms with Gasteiger partial charge in [-0.25, -0.2) is 4.98 Å². The molecule has 0 aliphatic rings. The Bertz CT molecular complexity index is 527. The number of anilines is 1. The van der Waals surface area contributed by atoms with E-state index >= 15 is 0 Å². The molecule has 0 saturated carbocycles. The average Bonchev–Trinajstić information content (AvgIpc) is 2.92. The molecule has 0 aliphatic heterocycles. The Morgan fingerprint density at radius 1 is 1.37 bits per heavy atom. The molecule has 2 heterocycles. The summed E-state index contributed by atoms with van der Waals surface area (Å²) in [5.74, 6) is -0.156. The van der Waals surface area contributed by atoms with Gasteiger partial charge in [0.05, 0.1) is 5.01 Å². The third kappa shape index (κ3) is 4.03. The second-order valence-corrected chi connectivity index (χ2v) is 4.87. The molecule has 2 N–H and O–H groups in total. The number of rotatable bonds is 6. The molecule has 19 heavy (non-hydrogen) atoms. The molecule has 2 rings (SSSR count). The molecule has 0 atom stereocenters. The number of hydrogen-bond acceptors (Lipinski definition) is 5. The third-order valence-corrected chi connectivity index (χ3v) is 3.32. The zero-order valence-electron chi connectivity index (χ0n) is 10.7. The largest absolute Gasteiger partial charge is 0.385 e. The maximum atomic E-state index is 11.9. The first-order valence-corrected chi connectivity index (χ1v) is 7.04. The number of pyridine rings is 1. The molecule has 0 fully saturated rings. The van der Waals surface area contributed by atoms with Gasteiger partial charge in [-0.05, 0) is 19.1 Å². The van der Waals surface area contributed by atoms with Crippen molar-refractivity contribution in [3.8, 4) is 0 Å². The SMILES string of the molecule is CCNc1ccnc(C(=O)NCCc2nccs2)c1. The van der Waals surface area contributed by atoms with Gasteiger partial charge in [-0.1, -0.05) is 0 Å². The molecule has 2 aromatic heterocycles. The minimum Gasteiger partial charge on any atom is -0.385 e. The molecular formula is C13H16N4OS. The van der Waals surface area contributed by atoms with E-state index in [9.17, 15) is 4.79 Å². The zero-order valence-corrected chi connectivity index (χ0v) is 11.5. The predicted molar refractivity (Wildman–Crippen MR) is 76.6 cm³/mol. The van der Waals surface area contributed by atoms with Crippen LogP contribution in [0.15, 0.2) is 29.9 Å². The molecule has 0 spiro atoms. The van der Waals surface area contributed by atoms with Gasteiger partial charge < -0.3 is 10.6 Å². The van der Waals surface area contributed by atoms with Crippen LogP contribution >= 0.6 is 11.3 Å². The van der Waals surface area contributed by atoms with E-state index in [-0.39, 0.29) is 5.91 Å². The quantitative estimate of drug-likeness (QED) is 0.846. The fourth-order valence-corrected chi connectivity index (χ4v) is 2.24. The Morgan fingerprint density at radius 3 is 3.00 bits per heavy atom. The van der Waals surface area contributed by atoms with Crippen LogP contribution in [-0.4, -0.2) is 29.0 Å². The Balaban J connectivity index is 1.87. The van der Waals surface area contributed by atoms with Gasteiger partial charge >= 0.3 is 0 Å². The van der Waals surface area contributed by atoms with Crippen LogP contribution in [0, 0.1) is 0 Å². The highest BCUT2D eigenvalue weighted by molar-refractivity contribution is 7.09. The maximum Gasteiger partial charge on any atom is 0.269 e. The van der Waals surface area contributed by atoms with Crippen molar-refractivity contribution in [3.63, 3.8) is 0 Å². The van der Waals surface area contributed by atoms with Crippen molar-refractivity contribution in [1.82, 2.24) is 15.3 Å². The summed E-state index contributed by atoms with van der Waals surface area (Å²) in [4.78, 5) is 20.1. The topological polar surface area (TPSA) is 66.9 Å². The van der Waals surface area contributed by atoms with E-state index in [0.29, 0.717) is 12.2 Å². The van der Waals surface area contributed by atoms with Crippen molar-refractivity contribution in [1.29, 1.82) is 0 Å². The molecule has 0 aliphatic carbocycles. The number of nitrogens with one attached hydrogen (secondary N) is 2. The number of nitrogens with zero attached hydrogens (tertiary/aromatic N) is 2. The lowest BCUT2D eigenvalue weighted by atomic mass is 10.3. The van der Waals surface area contributed by atoms with E-state index in [1.807, 2.05) is 18.4 Å². The first kappa shape index (κ1) is 13.5. The van der Waals surface area contributed by atoms with Gasteiger partial charge in [-0.3, -0.25) is 9.78 Å². The van der Waals surface area contributed by atoms with Crippen LogP contribution in [0.4, 0.5) is 5.69 Å². The van der Waals surface area contributed by atoms with Crippen LogP contribution < -0.4 is 10.6 Å². The second-order valence-electron chi connectivity index (χ2n) is 3.89. The van der Waals surface area contributed by atoms with Gasteiger partial charge in [0, 0.05) is 43.0 Å². The standard InChI is InChI=1S/C13H16N4OS/c1-2-14-10-3-5-15-11(9-10)13(18)17-6-4-12-16-7-8-19-12/h3,5,7-9H,2,4,6H2,1H3,(H,14,15)(H,17,18). The number of carbonyl (C=O) groups excluding carboxylic acids is 1. The molecule has 0 bridgehead atoms. The summed E-state index contributed by atoms with van der Waals surface area (Å²) in [5, 5.41) is 8.95. The molecule has 0 radical (unpaired) electrons. The molecule has 5 nitrogen and oxygen atoms in total. The molecule has 6 heteroatoms. The first-order chi connectivity index (χ1) is 9.29. The fourth-order valence-electron chi connectivity index (χ4n) is 1.62. The lowest BCUT2D eigenvalue weighted by Gasteiger charge is -2.06. The molecule has 0 saturated heterocycles. The van der Waals surface area contributed by atoms with E-state index in [2.05, 4.69) is 20.6 Å². The van der Waals surface area contributed by atoms with Gasteiger partial charge in [0.15, 0.2) is 0 Å². The normalized spacial score (nSPS) is 10.2. The summed E-state index contributed by atoms with van der Waals surface area (Å²) >= 11 is 1.59. The minimum absolute atomic E-state index is 0.156. The summed E-state index contributed by atoms with van der Waals surface area (Å²) in [6, 6.07) is 3.60. The van der Waals surface area contributed by atoms with Gasteiger partial charge in [0.1, 0.15) is 5.69 Å². The lowest BCUT2D eigenvalue weighted by Crippen LogP contribution is -2.26. The van der Waals surface area contributed by atoms with E-state index in [1.54, 1.807) is 29.8 Å². The highest BCUT2D eigenvalue weighted by Crippen LogP contribution is 2.08. The minimum atomic E-state index is -0.156. The van der Waals surface area contributed by atoms with Gasteiger partial charge in [-0.2, -0.15) is 0 Å². The zero-order chi connectivity index (χ0) is 13.5. The Morgan fingerprint density at radius 2 is 2.26 bits per heavy atom. The highest BCUT2D eigenvalue weighted by atomic mass is 32.1. The van der Waals surface area contributed by atoms with Crippen LogP contribution in [0.2, 0.25) is 0 Å². The van der Waals surface area contributed by atoms with Crippen LogP contribution in [0.25, 0.3) is 0 Å². The van der Waals surface area contributed by atoms with Crippen LogP contribution in [0.3, 0.4) is 0 Å². The summed E-state index contributed by atoms with van der Waals surface area (Å²) in [6.45, 7) is 3.39. The Labute approximate surface area is 116 Å². The monoisotopic (exact) mass is 276 g/mol. The third-order valence-electron chi connectivity index (χ3n) is 2.48. The summed E-state index contributed by atoms with van der Waals surface area (Å²) in [7, 11) is 0. The maximum absolute atomic E-state index is 11.9. The Hall–Kier alpha value is -1.95. The molecule has 2 aromatic rings. The van der Waals surface area contributed by atoms with Crippen molar-refractivity contribution in [3.05, 3.63) is 40.6 Å². The smallest absolute Gasteiger partial charge is 0.269 e. The van der Waals surface area contributed by atoms with Crippen molar-refractivity contribution in [2.24, 2.45) is 0 Å². The Kier molecular flexibility index (Phi) is 4.85. The second kappa shape index (κ2) is 6.84.